The van der Waals surface area contributed by atoms with E-state index in [1.54, 1.807) is 22.9 Å². The van der Waals surface area contributed by atoms with Crippen LogP contribution in [0.15, 0.2) is 34.9 Å². The van der Waals surface area contributed by atoms with Gasteiger partial charge in [0.1, 0.15) is 11.4 Å². The van der Waals surface area contributed by atoms with E-state index in [4.69, 9.17) is 9.84 Å². The Balaban J connectivity index is 2.00. The van der Waals surface area contributed by atoms with Crippen LogP contribution in [0.3, 0.4) is 0 Å². The molecule has 0 amide bonds. The van der Waals surface area contributed by atoms with Gasteiger partial charge in [0.25, 0.3) is 0 Å². The van der Waals surface area contributed by atoms with Crippen molar-refractivity contribution in [3.63, 3.8) is 0 Å². The van der Waals surface area contributed by atoms with Crippen molar-refractivity contribution in [3.8, 4) is 5.75 Å². The van der Waals surface area contributed by atoms with Gasteiger partial charge in [0.2, 0.25) is 0 Å². The number of ether oxygens (including phenoxy) is 1. The minimum Gasteiger partial charge on any atom is -0.493 e. The molecule has 1 aliphatic heterocycles. The lowest BCUT2D eigenvalue weighted by Crippen LogP contribution is -2.09. The highest BCUT2D eigenvalue weighted by Gasteiger charge is 2.18. The van der Waals surface area contributed by atoms with E-state index in [2.05, 4.69) is 22.0 Å². The lowest BCUT2D eigenvalue weighted by Gasteiger charge is -2.11. The maximum Gasteiger partial charge on any atom is 0.352 e. The molecule has 19 heavy (non-hydrogen) atoms. The first-order valence-corrected chi connectivity index (χ1v) is 6.77. The fourth-order valence-corrected chi connectivity index (χ4v) is 2.95. The zero-order valence-corrected chi connectivity index (χ0v) is 11.7. The summed E-state index contributed by atoms with van der Waals surface area (Å²) < 4.78 is 8.36. The topological polar surface area (TPSA) is 51.5 Å². The first kappa shape index (κ1) is 12.3. The zero-order valence-electron chi connectivity index (χ0n) is 10.1. The Hall–Kier alpha value is -1.75. The Kier molecular flexibility index (Phi) is 3.06. The molecular weight excluding hydrogens is 310 g/mol. The molecule has 2 heterocycles. The fourth-order valence-electron chi connectivity index (χ4n) is 2.39. The Morgan fingerprint density at radius 2 is 2.32 bits per heavy atom. The molecule has 0 aliphatic carbocycles. The summed E-state index contributed by atoms with van der Waals surface area (Å²) in [6, 6.07) is 7.37. The molecule has 0 fully saturated rings. The number of carboxylic acid groups (broad SMARTS) is 1. The summed E-state index contributed by atoms with van der Waals surface area (Å²) >= 11 is 3.49. The van der Waals surface area contributed by atoms with Gasteiger partial charge in [0, 0.05) is 22.7 Å². The minimum absolute atomic E-state index is 0.284. The molecule has 0 spiro atoms. The Bertz CT molecular complexity index is 648. The SMILES string of the molecule is O=C(O)c1cccn1Cc1cc(Br)cc2c1OCC2. The largest absolute Gasteiger partial charge is 0.493 e. The number of hydrogen-bond donors (Lipinski definition) is 1. The summed E-state index contributed by atoms with van der Waals surface area (Å²) in [5.41, 5.74) is 2.46. The van der Waals surface area contributed by atoms with Crippen LogP contribution < -0.4 is 4.74 Å². The quantitative estimate of drug-likeness (QED) is 0.945. The van der Waals surface area contributed by atoms with Crippen LogP contribution in [0.1, 0.15) is 21.6 Å². The third-order valence-electron chi connectivity index (χ3n) is 3.21. The molecule has 0 bridgehead atoms. The number of rotatable bonds is 3. The van der Waals surface area contributed by atoms with Crippen molar-refractivity contribution in [2.45, 2.75) is 13.0 Å². The minimum atomic E-state index is -0.919. The normalized spacial score (nSPS) is 13.1. The van der Waals surface area contributed by atoms with E-state index >= 15 is 0 Å². The van der Waals surface area contributed by atoms with E-state index in [0.29, 0.717) is 13.2 Å². The van der Waals surface area contributed by atoms with Crippen LogP contribution in [0.25, 0.3) is 0 Å². The number of carbonyl (C=O) groups is 1. The molecule has 1 aromatic heterocycles. The standard InChI is InChI=1S/C14H12BrNO3/c15-11-6-9-3-5-19-13(9)10(7-11)8-16-4-1-2-12(16)14(17)18/h1-2,4,6-7H,3,5,8H2,(H,17,18). The van der Waals surface area contributed by atoms with Gasteiger partial charge >= 0.3 is 5.97 Å². The Morgan fingerprint density at radius 1 is 1.47 bits per heavy atom. The molecule has 0 unspecified atom stereocenters. The van der Waals surface area contributed by atoms with Crippen molar-refractivity contribution in [2.75, 3.05) is 6.61 Å². The van der Waals surface area contributed by atoms with E-state index in [1.165, 1.54) is 5.56 Å². The summed E-state index contributed by atoms with van der Waals surface area (Å²) in [6.07, 6.45) is 2.67. The molecule has 5 heteroatoms. The first-order chi connectivity index (χ1) is 9.15. The smallest absolute Gasteiger partial charge is 0.352 e. The molecule has 1 aliphatic rings. The van der Waals surface area contributed by atoms with Crippen molar-refractivity contribution >= 4 is 21.9 Å². The second-order valence-corrected chi connectivity index (χ2v) is 5.39. The number of nitrogens with zero attached hydrogens (tertiary/aromatic N) is 1. The lowest BCUT2D eigenvalue weighted by molar-refractivity contribution is 0.0685. The maximum absolute atomic E-state index is 11.1. The molecule has 1 N–H and O–H groups in total. The van der Waals surface area contributed by atoms with Gasteiger partial charge in [0.15, 0.2) is 0 Å². The van der Waals surface area contributed by atoms with Gasteiger partial charge in [-0.25, -0.2) is 4.79 Å². The van der Waals surface area contributed by atoms with E-state index in [1.807, 2.05) is 6.07 Å². The van der Waals surface area contributed by atoms with Gasteiger partial charge in [-0.3, -0.25) is 0 Å². The van der Waals surface area contributed by atoms with E-state index in [9.17, 15) is 4.79 Å². The van der Waals surface area contributed by atoms with E-state index in [0.717, 1.165) is 22.2 Å². The molecular formula is C14H12BrNO3. The van der Waals surface area contributed by atoms with Crippen molar-refractivity contribution in [2.24, 2.45) is 0 Å². The second kappa shape index (κ2) is 4.74. The highest BCUT2D eigenvalue weighted by molar-refractivity contribution is 9.10. The molecule has 0 atom stereocenters. The summed E-state index contributed by atoms with van der Waals surface area (Å²) in [6.45, 7) is 1.19. The number of aromatic nitrogens is 1. The van der Waals surface area contributed by atoms with Gasteiger partial charge in [-0.15, -0.1) is 0 Å². The van der Waals surface area contributed by atoms with Crippen molar-refractivity contribution < 1.29 is 14.6 Å². The molecule has 4 nitrogen and oxygen atoms in total. The molecule has 1 aromatic carbocycles. The summed E-state index contributed by atoms with van der Waals surface area (Å²) in [5.74, 6) is -0.0224. The van der Waals surface area contributed by atoms with Crippen molar-refractivity contribution in [3.05, 3.63) is 51.8 Å². The van der Waals surface area contributed by atoms with Crippen LogP contribution in [-0.4, -0.2) is 22.2 Å². The molecule has 0 saturated carbocycles. The van der Waals surface area contributed by atoms with Crippen LogP contribution in [0, 0.1) is 0 Å². The predicted molar refractivity (Wildman–Crippen MR) is 73.8 cm³/mol. The van der Waals surface area contributed by atoms with Crippen LogP contribution in [0.5, 0.6) is 5.75 Å². The van der Waals surface area contributed by atoms with Gasteiger partial charge in [0.05, 0.1) is 13.2 Å². The summed E-state index contributed by atoms with van der Waals surface area (Å²) in [4.78, 5) is 11.1. The Labute approximate surface area is 118 Å². The lowest BCUT2D eigenvalue weighted by atomic mass is 10.1. The molecule has 3 rings (SSSR count). The molecule has 0 saturated heterocycles. The maximum atomic E-state index is 11.1. The monoisotopic (exact) mass is 321 g/mol. The summed E-state index contributed by atoms with van der Waals surface area (Å²) in [5, 5.41) is 9.12. The average Bonchev–Trinajstić information content (AvgIpc) is 2.96. The predicted octanol–water partition coefficient (Wildman–Crippen LogP) is 2.93. The number of fused-ring (bicyclic) bond motifs is 1. The van der Waals surface area contributed by atoms with Crippen molar-refractivity contribution in [1.29, 1.82) is 0 Å². The van der Waals surface area contributed by atoms with E-state index < -0.39 is 5.97 Å². The number of hydrogen-bond acceptors (Lipinski definition) is 2. The zero-order chi connectivity index (χ0) is 13.4. The van der Waals surface area contributed by atoms with Crippen LogP contribution >= 0.6 is 15.9 Å². The van der Waals surface area contributed by atoms with Crippen LogP contribution in [0.4, 0.5) is 0 Å². The third kappa shape index (κ3) is 2.26. The number of benzene rings is 1. The molecule has 98 valence electrons. The number of halogens is 1. The van der Waals surface area contributed by atoms with Crippen LogP contribution in [0.2, 0.25) is 0 Å². The van der Waals surface area contributed by atoms with E-state index in [-0.39, 0.29) is 5.69 Å². The van der Waals surface area contributed by atoms with Gasteiger partial charge in [-0.1, -0.05) is 15.9 Å². The number of carboxylic acids is 1. The highest BCUT2D eigenvalue weighted by atomic mass is 79.9. The van der Waals surface area contributed by atoms with Gasteiger partial charge in [-0.2, -0.15) is 0 Å². The second-order valence-electron chi connectivity index (χ2n) is 4.48. The third-order valence-corrected chi connectivity index (χ3v) is 3.67. The average molecular weight is 322 g/mol. The summed E-state index contributed by atoms with van der Waals surface area (Å²) in [7, 11) is 0. The van der Waals surface area contributed by atoms with Crippen LogP contribution in [-0.2, 0) is 13.0 Å². The van der Waals surface area contributed by atoms with Gasteiger partial charge < -0.3 is 14.4 Å². The number of aromatic carboxylic acids is 1. The van der Waals surface area contributed by atoms with Gasteiger partial charge in [-0.05, 0) is 29.8 Å². The van der Waals surface area contributed by atoms with Crippen molar-refractivity contribution in [1.82, 2.24) is 4.57 Å². The molecule has 0 radical (unpaired) electrons. The highest BCUT2D eigenvalue weighted by Crippen LogP contribution is 2.33. The Morgan fingerprint density at radius 3 is 3.11 bits per heavy atom. The molecule has 2 aromatic rings. The fraction of sp³-hybridized carbons (Fsp3) is 0.214. The first-order valence-electron chi connectivity index (χ1n) is 5.97.